The molecule has 0 aromatic rings. The molecule has 1 saturated carbocycles. The van der Waals surface area contributed by atoms with Crippen LogP contribution in [0.2, 0.25) is 0 Å². The van der Waals surface area contributed by atoms with Crippen molar-refractivity contribution in [2.75, 3.05) is 19.8 Å². The highest BCUT2D eigenvalue weighted by atomic mass is 31.2. The van der Waals surface area contributed by atoms with Crippen molar-refractivity contribution < 1.29 is 27.5 Å². The van der Waals surface area contributed by atoms with Crippen LogP contribution in [0.1, 0.15) is 27.2 Å². The maximum absolute atomic E-state index is 14.1. The molecule has 0 aromatic carbocycles. The lowest BCUT2D eigenvalue weighted by molar-refractivity contribution is 0.00332. The fourth-order valence-electron chi connectivity index (χ4n) is 1.86. The number of aliphatic hydroxyl groups excluding tert-OH is 1. The van der Waals surface area contributed by atoms with E-state index in [9.17, 15) is 13.3 Å². The van der Waals surface area contributed by atoms with Crippen molar-refractivity contribution in [1.82, 2.24) is 0 Å². The first-order valence-corrected chi connectivity index (χ1v) is 7.19. The van der Waals surface area contributed by atoms with Crippen LogP contribution in [0.5, 0.6) is 0 Å². The van der Waals surface area contributed by atoms with Gasteiger partial charge in [-0.15, -0.1) is 0 Å². The molecule has 17 heavy (non-hydrogen) atoms. The minimum absolute atomic E-state index is 0.102. The molecule has 1 aliphatic carbocycles. The van der Waals surface area contributed by atoms with Crippen LogP contribution in [0.25, 0.3) is 0 Å². The first kappa shape index (κ1) is 15.0. The molecule has 102 valence electrons. The zero-order valence-electron chi connectivity index (χ0n) is 10.3. The predicted molar refractivity (Wildman–Crippen MR) is 59.1 cm³/mol. The van der Waals surface area contributed by atoms with Gasteiger partial charge in [-0.3, -0.25) is 4.57 Å². The first-order valence-electron chi connectivity index (χ1n) is 5.65. The quantitative estimate of drug-likeness (QED) is 0.724. The zero-order valence-corrected chi connectivity index (χ0v) is 11.2. The molecule has 1 rings (SSSR count). The van der Waals surface area contributed by atoms with E-state index in [1.165, 1.54) is 20.8 Å². The SMILES string of the molecule is CCOP(=O)(OCC)C(F)(F)[C@@H]1C[C@@]1(C)CO. The lowest BCUT2D eigenvalue weighted by Gasteiger charge is -2.27. The van der Waals surface area contributed by atoms with Gasteiger partial charge in [0.15, 0.2) is 0 Å². The summed E-state index contributed by atoms with van der Waals surface area (Å²) in [6.07, 6.45) is 0.126. The van der Waals surface area contributed by atoms with Crippen LogP contribution >= 0.6 is 7.60 Å². The van der Waals surface area contributed by atoms with Gasteiger partial charge in [-0.05, 0) is 20.3 Å². The monoisotopic (exact) mass is 272 g/mol. The summed E-state index contributed by atoms with van der Waals surface area (Å²) in [7, 11) is -4.45. The third kappa shape index (κ3) is 2.55. The van der Waals surface area contributed by atoms with Crippen LogP contribution in [0.15, 0.2) is 0 Å². The molecule has 0 saturated heterocycles. The molecule has 0 heterocycles. The fourth-order valence-corrected chi connectivity index (χ4v) is 3.75. The molecule has 1 aliphatic rings. The van der Waals surface area contributed by atoms with E-state index in [0.29, 0.717) is 0 Å². The van der Waals surface area contributed by atoms with Gasteiger partial charge in [0, 0.05) is 17.9 Å². The van der Waals surface area contributed by atoms with Crippen molar-refractivity contribution in [2.45, 2.75) is 32.9 Å². The zero-order chi connectivity index (χ0) is 13.3. The Balaban J connectivity index is 2.90. The number of hydrogen-bond acceptors (Lipinski definition) is 4. The summed E-state index contributed by atoms with van der Waals surface area (Å²) >= 11 is 0. The normalized spacial score (nSPS) is 29.4. The Labute approximate surface area is 99.8 Å². The Morgan fingerprint density at radius 2 is 1.88 bits per heavy atom. The molecule has 0 radical (unpaired) electrons. The molecular weight excluding hydrogens is 253 g/mol. The van der Waals surface area contributed by atoms with Gasteiger partial charge >= 0.3 is 13.3 Å². The van der Waals surface area contributed by atoms with Crippen LogP contribution in [0.3, 0.4) is 0 Å². The minimum atomic E-state index is -4.45. The molecule has 0 amide bonds. The van der Waals surface area contributed by atoms with E-state index in [1.54, 1.807) is 0 Å². The van der Waals surface area contributed by atoms with Crippen molar-refractivity contribution in [3.63, 3.8) is 0 Å². The van der Waals surface area contributed by atoms with Gasteiger partial charge in [-0.25, -0.2) is 0 Å². The van der Waals surface area contributed by atoms with Crippen molar-refractivity contribution in [1.29, 1.82) is 0 Å². The fraction of sp³-hybridized carbons (Fsp3) is 1.00. The Morgan fingerprint density at radius 1 is 1.41 bits per heavy atom. The second-order valence-corrected chi connectivity index (χ2v) is 6.60. The summed E-state index contributed by atoms with van der Waals surface area (Å²) in [5, 5.41) is 9.02. The second-order valence-electron chi connectivity index (χ2n) is 4.49. The number of aliphatic hydroxyl groups is 1. The molecular formula is C10H19F2O4P. The van der Waals surface area contributed by atoms with E-state index >= 15 is 0 Å². The summed E-state index contributed by atoms with van der Waals surface area (Å²) in [6, 6.07) is 0. The van der Waals surface area contributed by atoms with Gasteiger partial charge < -0.3 is 14.2 Å². The van der Waals surface area contributed by atoms with Crippen LogP contribution in [0, 0.1) is 11.3 Å². The highest BCUT2D eigenvalue weighted by Crippen LogP contribution is 2.73. The molecule has 0 aliphatic heterocycles. The van der Waals surface area contributed by atoms with Crippen molar-refractivity contribution in [3.8, 4) is 0 Å². The number of halogens is 2. The van der Waals surface area contributed by atoms with Crippen molar-refractivity contribution in [3.05, 3.63) is 0 Å². The molecule has 0 unspecified atom stereocenters. The summed E-state index contributed by atoms with van der Waals surface area (Å²) in [5.74, 6) is -1.15. The topological polar surface area (TPSA) is 55.8 Å². The lowest BCUT2D eigenvalue weighted by Crippen LogP contribution is -2.26. The smallest absolute Gasteiger partial charge is 0.396 e. The van der Waals surface area contributed by atoms with Crippen LogP contribution in [-0.4, -0.2) is 30.6 Å². The van der Waals surface area contributed by atoms with Gasteiger partial charge in [-0.2, -0.15) is 8.78 Å². The van der Waals surface area contributed by atoms with Crippen LogP contribution < -0.4 is 0 Å². The third-order valence-corrected chi connectivity index (χ3v) is 5.33. The van der Waals surface area contributed by atoms with Gasteiger partial charge in [-0.1, -0.05) is 6.92 Å². The standard InChI is InChI=1S/C10H19F2O4P/c1-4-15-17(14,16-5-2)10(11,12)8-6-9(8,3)7-13/h8,13H,4-7H2,1-3H3/t8-,9+/m1/s1. The van der Waals surface area contributed by atoms with E-state index in [4.69, 9.17) is 5.11 Å². The average molecular weight is 272 g/mol. The van der Waals surface area contributed by atoms with Crippen molar-refractivity contribution in [2.24, 2.45) is 11.3 Å². The van der Waals surface area contributed by atoms with E-state index in [1.807, 2.05) is 0 Å². The maximum Gasteiger partial charge on any atom is 0.399 e. The Kier molecular flexibility index (Phi) is 4.35. The van der Waals surface area contributed by atoms with Gasteiger partial charge in [0.05, 0.1) is 13.2 Å². The highest BCUT2D eigenvalue weighted by molar-refractivity contribution is 7.55. The highest BCUT2D eigenvalue weighted by Gasteiger charge is 2.71. The summed E-state index contributed by atoms with van der Waals surface area (Å²) in [6.45, 7) is 3.95. The molecule has 0 aromatic heterocycles. The predicted octanol–water partition coefficient (Wildman–Crippen LogP) is 2.86. The maximum atomic E-state index is 14.1. The minimum Gasteiger partial charge on any atom is -0.396 e. The van der Waals surface area contributed by atoms with E-state index < -0.39 is 24.6 Å². The largest absolute Gasteiger partial charge is 0.399 e. The molecule has 1 fully saturated rings. The number of rotatable bonds is 7. The number of alkyl halides is 2. The number of hydrogen-bond donors (Lipinski definition) is 1. The van der Waals surface area contributed by atoms with E-state index in [0.717, 1.165) is 0 Å². The van der Waals surface area contributed by atoms with Crippen LogP contribution in [-0.2, 0) is 13.6 Å². The summed E-state index contributed by atoms with van der Waals surface area (Å²) in [4.78, 5) is 0. The van der Waals surface area contributed by atoms with Gasteiger partial charge in [0.1, 0.15) is 0 Å². The van der Waals surface area contributed by atoms with Crippen molar-refractivity contribution >= 4 is 7.60 Å². The van der Waals surface area contributed by atoms with Gasteiger partial charge in [0.25, 0.3) is 0 Å². The van der Waals surface area contributed by atoms with E-state index in [-0.39, 0.29) is 26.2 Å². The second kappa shape index (κ2) is 4.92. The molecule has 7 heteroatoms. The average Bonchev–Trinajstić information content (AvgIpc) is 2.93. The molecule has 0 bridgehead atoms. The summed E-state index contributed by atoms with van der Waals surface area (Å²) < 4.78 is 49.6. The third-order valence-electron chi connectivity index (χ3n) is 3.10. The Hall–Kier alpha value is -0.0300. The Bertz CT molecular complexity index is 313. The van der Waals surface area contributed by atoms with Crippen LogP contribution in [0.4, 0.5) is 8.78 Å². The first-order chi connectivity index (χ1) is 7.77. The lowest BCUT2D eigenvalue weighted by atomic mass is 10.1. The molecule has 1 N–H and O–H groups in total. The Morgan fingerprint density at radius 3 is 2.18 bits per heavy atom. The molecule has 4 nitrogen and oxygen atoms in total. The summed E-state index contributed by atoms with van der Waals surface area (Å²) in [5.41, 5.74) is -4.43. The van der Waals surface area contributed by atoms with E-state index in [2.05, 4.69) is 9.05 Å². The van der Waals surface area contributed by atoms with Gasteiger partial charge in [0.2, 0.25) is 0 Å². The molecule has 2 atom stereocenters. The molecule has 0 spiro atoms.